The molecule has 0 bridgehead atoms. The second-order valence-electron chi connectivity index (χ2n) is 5.57. The number of imidazole rings is 1. The van der Waals surface area contributed by atoms with E-state index in [0.717, 1.165) is 12.4 Å². The fourth-order valence-corrected chi connectivity index (χ4v) is 1.88. The number of aliphatic hydroxyl groups excluding tert-OH is 1. The Morgan fingerprint density at radius 2 is 2.15 bits per heavy atom. The second-order valence-corrected chi connectivity index (χ2v) is 5.57. The molecular formula is C14H26N4O2. The first kappa shape index (κ1) is 16.5. The van der Waals surface area contributed by atoms with Crippen LogP contribution in [0.5, 0.6) is 0 Å². The lowest BCUT2D eigenvalue weighted by Crippen LogP contribution is -2.38. The van der Waals surface area contributed by atoms with Gasteiger partial charge in [-0.1, -0.05) is 20.8 Å². The van der Waals surface area contributed by atoms with Crippen molar-refractivity contribution in [1.82, 2.24) is 20.2 Å². The number of amides is 2. The Morgan fingerprint density at radius 3 is 2.80 bits per heavy atom. The highest BCUT2D eigenvalue weighted by Crippen LogP contribution is 2.03. The zero-order valence-corrected chi connectivity index (χ0v) is 12.6. The third kappa shape index (κ3) is 6.06. The van der Waals surface area contributed by atoms with Gasteiger partial charge in [0.1, 0.15) is 5.82 Å². The van der Waals surface area contributed by atoms with E-state index in [4.69, 9.17) is 5.11 Å². The molecule has 0 aliphatic heterocycles. The lowest BCUT2D eigenvalue weighted by Gasteiger charge is -2.13. The first-order chi connectivity index (χ1) is 9.52. The molecule has 1 aromatic rings. The first-order valence-corrected chi connectivity index (χ1v) is 7.15. The highest BCUT2D eigenvalue weighted by atomic mass is 16.3. The molecule has 0 spiro atoms. The molecule has 3 N–H and O–H groups in total. The average molecular weight is 282 g/mol. The molecule has 0 radical (unpaired) electrons. The summed E-state index contributed by atoms with van der Waals surface area (Å²) in [6.45, 7) is 8.31. The number of rotatable bonds is 8. The molecule has 114 valence electrons. The maximum atomic E-state index is 11.7. The van der Waals surface area contributed by atoms with Crippen LogP contribution in [0.4, 0.5) is 4.79 Å². The van der Waals surface area contributed by atoms with Crippen molar-refractivity contribution in [3.63, 3.8) is 0 Å². The number of nitrogens with zero attached hydrogens (tertiary/aromatic N) is 2. The number of nitrogens with one attached hydrogen (secondary N) is 2. The van der Waals surface area contributed by atoms with Gasteiger partial charge in [0.05, 0.1) is 6.54 Å². The van der Waals surface area contributed by atoms with Crippen molar-refractivity contribution >= 4 is 6.03 Å². The van der Waals surface area contributed by atoms with Crippen LogP contribution in [0.1, 0.15) is 33.0 Å². The SMILES string of the molecule is CC(C)Cn1ccnc1CNC(=O)NCC(C)CCO. The normalized spacial score (nSPS) is 12.4. The predicted molar refractivity (Wildman–Crippen MR) is 78.2 cm³/mol. The Bertz CT molecular complexity index is 404. The summed E-state index contributed by atoms with van der Waals surface area (Å²) in [7, 11) is 0. The van der Waals surface area contributed by atoms with Crippen LogP contribution in [-0.2, 0) is 13.1 Å². The van der Waals surface area contributed by atoms with Crippen molar-refractivity contribution in [2.45, 2.75) is 40.3 Å². The Balaban J connectivity index is 2.32. The standard InChI is InChI=1S/C14H26N4O2/c1-11(2)10-18-6-5-15-13(18)9-17-14(20)16-8-12(3)4-7-19/h5-6,11-12,19H,4,7-10H2,1-3H3,(H2,16,17,20). The van der Waals surface area contributed by atoms with E-state index in [1.807, 2.05) is 13.1 Å². The van der Waals surface area contributed by atoms with Gasteiger partial charge >= 0.3 is 6.03 Å². The Kier molecular flexibility index (Phi) is 7.08. The van der Waals surface area contributed by atoms with Crippen molar-refractivity contribution < 1.29 is 9.90 Å². The number of carbonyl (C=O) groups is 1. The average Bonchev–Trinajstić information content (AvgIpc) is 2.81. The molecule has 1 unspecified atom stereocenters. The molecule has 1 atom stereocenters. The molecule has 0 saturated heterocycles. The molecule has 1 heterocycles. The molecule has 6 nitrogen and oxygen atoms in total. The number of hydrogen-bond donors (Lipinski definition) is 3. The fourth-order valence-electron chi connectivity index (χ4n) is 1.88. The third-order valence-electron chi connectivity index (χ3n) is 3.00. The van der Waals surface area contributed by atoms with Gasteiger partial charge in [-0.15, -0.1) is 0 Å². The topological polar surface area (TPSA) is 79.2 Å². The van der Waals surface area contributed by atoms with Crippen molar-refractivity contribution in [3.8, 4) is 0 Å². The molecule has 1 rings (SSSR count). The van der Waals surface area contributed by atoms with Gasteiger partial charge in [-0.05, 0) is 18.3 Å². The molecule has 0 saturated carbocycles. The van der Waals surface area contributed by atoms with E-state index in [1.165, 1.54) is 0 Å². The number of aromatic nitrogens is 2. The summed E-state index contributed by atoms with van der Waals surface area (Å²) >= 11 is 0. The van der Waals surface area contributed by atoms with Crippen LogP contribution in [-0.4, -0.2) is 33.8 Å². The van der Waals surface area contributed by atoms with Gasteiger partial charge in [0.2, 0.25) is 0 Å². The van der Waals surface area contributed by atoms with Gasteiger partial charge in [0, 0.05) is 32.1 Å². The lowest BCUT2D eigenvalue weighted by atomic mass is 10.1. The van der Waals surface area contributed by atoms with Gasteiger partial charge in [-0.25, -0.2) is 9.78 Å². The summed E-state index contributed by atoms with van der Waals surface area (Å²) < 4.78 is 2.05. The van der Waals surface area contributed by atoms with Crippen LogP contribution < -0.4 is 10.6 Å². The summed E-state index contributed by atoms with van der Waals surface area (Å²) in [4.78, 5) is 15.9. The molecule has 0 aromatic carbocycles. The fraction of sp³-hybridized carbons (Fsp3) is 0.714. The van der Waals surface area contributed by atoms with Crippen molar-refractivity contribution in [2.75, 3.05) is 13.2 Å². The highest BCUT2D eigenvalue weighted by molar-refractivity contribution is 5.73. The monoisotopic (exact) mass is 282 g/mol. The van der Waals surface area contributed by atoms with E-state index in [9.17, 15) is 4.79 Å². The van der Waals surface area contributed by atoms with Gasteiger partial charge in [-0.2, -0.15) is 0 Å². The lowest BCUT2D eigenvalue weighted by molar-refractivity contribution is 0.233. The van der Waals surface area contributed by atoms with Crippen LogP contribution in [0.25, 0.3) is 0 Å². The zero-order valence-electron chi connectivity index (χ0n) is 12.6. The smallest absolute Gasteiger partial charge is 0.315 e. The molecule has 0 aliphatic rings. The summed E-state index contributed by atoms with van der Waals surface area (Å²) in [5.41, 5.74) is 0. The summed E-state index contributed by atoms with van der Waals surface area (Å²) in [5, 5.41) is 14.4. The predicted octanol–water partition coefficient (Wildman–Crippen LogP) is 1.36. The second kappa shape index (κ2) is 8.58. The summed E-state index contributed by atoms with van der Waals surface area (Å²) in [6, 6.07) is -0.200. The zero-order chi connectivity index (χ0) is 15.0. The Hall–Kier alpha value is -1.56. The first-order valence-electron chi connectivity index (χ1n) is 7.15. The van der Waals surface area contributed by atoms with E-state index in [2.05, 4.69) is 34.0 Å². The highest BCUT2D eigenvalue weighted by Gasteiger charge is 2.08. The van der Waals surface area contributed by atoms with Gasteiger partial charge < -0.3 is 20.3 Å². The number of hydrogen-bond acceptors (Lipinski definition) is 3. The van der Waals surface area contributed by atoms with Gasteiger partial charge in [-0.3, -0.25) is 0 Å². The Labute approximate surface area is 120 Å². The quantitative estimate of drug-likeness (QED) is 0.673. The van der Waals surface area contributed by atoms with E-state index in [1.54, 1.807) is 6.20 Å². The van der Waals surface area contributed by atoms with Crippen LogP contribution in [0.3, 0.4) is 0 Å². The van der Waals surface area contributed by atoms with Crippen LogP contribution in [0.2, 0.25) is 0 Å². The van der Waals surface area contributed by atoms with Crippen molar-refractivity contribution in [3.05, 3.63) is 18.2 Å². The third-order valence-corrected chi connectivity index (χ3v) is 3.00. The van der Waals surface area contributed by atoms with Crippen LogP contribution >= 0.6 is 0 Å². The minimum Gasteiger partial charge on any atom is -0.396 e. The van der Waals surface area contributed by atoms with Crippen molar-refractivity contribution in [2.24, 2.45) is 11.8 Å². The summed E-state index contributed by atoms with van der Waals surface area (Å²) in [6.07, 6.45) is 4.37. The molecule has 6 heteroatoms. The largest absolute Gasteiger partial charge is 0.396 e. The van der Waals surface area contributed by atoms with Gasteiger partial charge in [0.15, 0.2) is 0 Å². The Morgan fingerprint density at radius 1 is 1.40 bits per heavy atom. The number of carbonyl (C=O) groups excluding carboxylic acids is 1. The minimum atomic E-state index is -0.200. The molecule has 2 amide bonds. The van der Waals surface area contributed by atoms with Gasteiger partial charge in [0.25, 0.3) is 0 Å². The van der Waals surface area contributed by atoms with Crippen molar-refractivity contribution in [1.29, 1.82) is 0 Å². The molecule has 0 fully saturated rings. The number of urea groups is 1. The molecular weight excluding hydrogens is 256 g/mol. The maximum Gasteiger partial charge on any atom is 0.315 e. The molecule has 20 heavy (non-hydrogen) atoms. The van der Waals surface area contributed by atoms with E-state index in [0.29, 0.717) is 25.4 Å². The molecule has 0 aliphatic carbocycles. The van der Waals surface area contributed by atoms with E-state index in [-0.39, 0.29) is 18.6 Å². The number of aliphatic hydroxyl groups is 1. The maximum absolute atomic E-state index is 11.7. The van der Waals surface area contributed by atoms with Crippen LogP contribution in [0, 0.1) is 11.8 Å². The minimum absolute atomic E-state index is 0.150. The van der Waals surface area contributed by atoms with E-state index >= 15 is 0 Å². The van der Waals surface area contributed by atoms with Crippen LogP contribution in [0.15, 0.2) is 12.4 Å². The molecule has 1 aromatic heterocycles. The van der Waals surface area contributed by atoms with E-state index < -0.39 is 0 Å². The summed E-state index contributed by atoms with van der Waals surface area (Å²) in [5.74, 6) is 1.67.